The quantitative estimate of drug-likeness (QED) is 0.602. The third-order valence-corrected chi connectivity index (χ3v) is 1.89. The zero-order valence-corrected chi connectivity index (χ0v) is 8.32. The van der Waals surface area contributed by atoms with Crippen LogP contribution < -0.4 is 4.90 Å². The van der Waals surface area contributed by atoms with Gasteiger partial charge in [-0.25, -0.2) is 9.18 Å². The third kappa shape index (κ3) is 2.31. The van der Waals surface area contributed by atoms with Crippen molar-refractivity contribution < 1.29 is 19.1 Å². The Labute approximate surface area is 85.9 Å². The fourth-order valence-corrected chi connectivity index (χ4v) is 1.13. The highest BCUT2D eigenvalue weighted by Crippen LogP contribution is 2.18. The molecule has 0 heterocycles. The van der Waals surface area contributed by atoms with Crippen LogP contribution >= 0.6 is 0 Å². The number of carbonyl (C=O) groups excluding carboxylic acids is 1. The van der Waals surface area contributed by atoms with Crippen LogP contribution in [0.4, 0.5) is 10.1 Å². The number of anilines is 1. The molecule has 0 saturated heterocycles. The first-order valence-electron chi connectivity index (χ1n) is 4.18. The summed E-state index contributed by atoms with van der Waals surface area (Å²) in [4.78, 5) is 22.9. The molecule has 0 bridgehead atoms. The van der Waals surface area contributed by atoms with E-state index in [2.05, 4.69) is 0 Å². The smallest absolute Gasteiger partial charge is 0.377 e. The van der Waals surface area contributed by atoms with Gasteiger partial charge < -0.3 is 10.0 Å². The molecule has 4 nitrogen and oxygen atoms in total. The van der Waals surface area contributed by atoms with Crippen LogP contribution in [0.2, 0.25) is 0 Å². The van der Waals surface area contributed by atoms with E-state index in [1.807, 2.05) is 0 Å². The van der Waals surface area contributed by atoms with E-state index in [1.54, 1.807) is 14.1 Å². The lowest BCUT2D eigenvalue weighted by atomic mass is 10.1. The van der Waals surface area contributed by atoms with Crippen LogP contribution in [-0.2, 0) is 4.79 Å². The molecule has 0 amide bonds. The molecular weight excluding hydrogens is 201 g/mol. The van der Waals surface area contributed by atoms with Crippen molar-refractivity contribution in [3.8, 4) is 0 Å². The Kier molecular flexibility index (Phi) is 3.04. The molecule has 15 heavy (non-hydrogen) atoms. The van der Waals surface area contributed by atoms with Crippen molar-refractivity contribution in [1.29, 1.82) is 0 Å². The summed E-state index contributed by atoms with van der Waals surface area (Å²) >= 11 is 0. The van der Waals surface area contributed by atoms with Crippen molar-refractivity contribution in [1.82, 2.24) is 0 Å². The Hall–Kier alpha value is -1.91. The summed E-state index contributed by atoms with van der Waals surface area (Å²) in [6.07, 6.45) is 0. The number of carboxylic acid groups (broad SMARTS) is 1. The number of rotatable bonds is 3. The molecule has 0 atom stereocenters. The van der Waals surface area contributed by atoms with Crippen LogP contribution in [0.15, 0.2) is 18.2 Å². The maximum Gasteiger partial charge on any atom is 0.377 e. The lowest BCUT2D eigenvalue weighted by Crippen LogP contribution is -2.15. The number of benzene rings is 1. The van der Waals surface area contributed by atoms with Crippen molar-refractivity contribution >= 4 is 17.4 Å². The lowest BCUT2D eigenvalue weighted by Gasteiger charge is -2.13. The average molecular weight is 211 g/mol. The molecule has 1 aromatic rings. The zero-order chi connectivity index (χ0) is 11.6. The molecule has 0 saturated carbocycles. The Morgan fingerprint density at radius 1 is 1.33 bits per heavy atom. The normalized spacial score (nSPS) is 9.80. The van der Waals surface area contributed by atoms with Crippen molar-refractivity contribution in [3.63, 3.8) is 0 Å². The Balaban J connectivity index is 3.12. The van der Waals surface area contributed by atoms with Gasteiger partial charge in [0.15, 0.2) is 0 Å². The van der Waals surface area contributed by atoms with Crippen molar-refractivity contribution in [2.75, 3.05) is 19.0 Å². The second kappa shape index (κ2) is 4.08. The number of nitrogens with zero attached hydrogens (tertiary/aromatic N) is 1. The summed E-state index contributed by atoms with van der Waals surface area (Å²) in [5.41, 5.74) is 0.141. The molecule has 0 aliphatic rings. The van der Waals surface area contributed by atoms with Gasteiger partial charge in [-0.15, -0.1) is 0 Å². The van der Waals surface area contributed by atoms with Gasteiger partial charge in [-0.2, -0.15) is 0 Å². The minimum Gasteiger partial charge on any atom is -0.475 e. The number of aliphatic carboxylic acids is 1. The average Bonchev–Trinajstić information content (AvgIpc) is 2.15. The van der Waals surface area contributed by atoms with Gasteiger partial charge in [-0.05, 0) is 18.2 Å². The molecule has 1 rings (SSSR count). The molecule has 80 valence electrons. The predicted octanol–water partition coefficient (Wildman–Crippen LogP) is 1.16. The monoisotopic (exact) mass is 211 g/mol. The van der Waals surface area contributed by atoms with E-state index < -0.39 is 17.6 Å². The van der Waals surface area contributed by atoms with Gasteiger partial charge in [0.05, 0.1) is 5.69 Å². The second-order valence-electron chi connectivity index (χ2n) is 3.19. The van der Waals surface area contributed by atoms with E-state index in [-0.39, 0.29) is 5.56 Å². The molecular formula is C10H10FNO3. The molecule has 0 fully saturated rings. The molecule has 1 aromatic carbocycles. The first-order valence-corrected chi connectivity index (χ1v) is 4.18. The maximum atomic E-state index is 13.3. The zero-order valence-electron chi connectivity index (χ0n) is 8.32. The van der Waals surface area contributed by atoms with Crippen LogP contribution in [0.1, 0.15) is 10.4 Å². The molecule has 0 aliphatic carbocycles. The van der Waals surface area contributed by atoms with Gasteiger partial charge in [0, 0.05) is 19.7 Å². The van der Waals surface area contributed by atoms with E-state index in [0.29, 0.717) is 5.69 Å². The fourth-order valence-electron chi connectivity index (χ4n) is 1.13. The standard InChI is InChI=1S/C10H10FNO3/c1-12(2)8-4-3-6(5-7(8)11)9(13)10(14)15/h3-5H,1-2H3,(H,14,15). The van der Waals surface area contributed by atoms with Gasteiger partial charge in [0.25, 0.3) is 5.78 Å². The molecule has 0 radical (unpaired) electrons. The minimum atomic E-state index is -1.59. The maximum absolute atomic E-state index is 13.3. The van der Waals surface area contributed by atoms with Crippen LogP contribution in [0, 0.1) is 5.82 Å². The number of halogens is 1. The number of Topliss-reactive ketones (excluding diaryl/α,β-unsaturated/α-hetero) is 1. The van der Waals surface area contributed by atoms with E-state index in [9.17, 15) is 14.0 Å². The van der Waals surface area contributed by atoms with Gasteiger partial charge in [-0.3, -0.25) is 4.79 Å². The molecule has 0 unspecified atom stereocenters. The molecule has 0 aromatic heterocycles. The number of hydrogen-bond acceptors (Lipinski definition) is 3. The van der Waals surface area contributed by atoms with Crippen molar-refractivity contribution in [2.45, 2.75) is 0 Å². The highest BCUT2D eigenvalue weighted by molar-refractivity contribution is 6.39. The van der Waals surface area contributed by atoms with Crippen LogP contribution in [-0.4, -0.2) is 31.0 Å². The van der Waals surface area contributed by atoms with Gasteiger partial charge >= 0.3 is 5.97 Å². The van der Waals surface area contributed by atoms with Crippen LogP contribution in [0.5, 0.6) is 0 Å². The number of ketones is 1. The summed E-state index contributed by atoms with van der Waals surface area (Å²) < 4.78 is 13.3. The second-order valence-corrected chi connectivity index (χ2v) is 3.19. The van der Waals surface area contributed by atoms with E-state index in [4.69, 9.17) is 5.11 Å². The van der Waals surface area contributed by atoms with Crippen molar-refractivity contribution in [2.24, 2.45) is 0 Å². The van der Waals surface area contributed by atoms with Crippen molar-refractivity contribution in [3.05, 3.63) is 29.6 Å². The summed E-state index contributed by atoms with van der Waals surface area (Å²) in [6, 6.07) is 3.58. The number of carboxylic acids is 1. The Bertz CT molecular complexity index is 415. The van der Waals surface area contributed by atoms with Crippen LogP contribution in [0.3, 0.4) is 0 Å². The summed E-state index contributed by atoms with van der Waals surface area (Å²) in [7, 11) is 3.30. The topological polar surface area (TPSA) is 57.6 Å². The Morgan fingerprint density at radius 3 is 2.33 bits per heavy atom. The first kappa shape index (κ1) is 11.2. The van der Waals surface area contributed by atoms with Crippen LogP contribution in [0.25, 0.3) is 0 Å². The van der Waals surface area contributed by atoms with Gasteiger partial charge in [0.2, 0.25) is 0 Å². The SMILES string of the molecule is CN(C)c1ccc(C(=O)C(=O)O)cc1F. The van der Waals surface area contributed by atoms with Gasteiger partial charge in [0.1, 0.15) is 5.82 Å². The molecule has 1 N–H and O–H groups in total. The third-order valence-electron chi connectivity index (χ3n) is 1.89. The lowest BCUT2D eigenvalue weighted by molar-refractivity contribution is -0.131. The highest BCUT2D eigenvalue weighted by atomic mass is 19.1. The summed E-state index contributed by atoms with van der Waals surface area (Å²) in [5, 5.41) is 8.42. The highest BCUT2D eigenvalue weighted by Gasteiger charge is 2.16. The van der Waals surface area contributed by atoms with E-state index in [0.717, 1.165) is 6.07 Å². The largest absolute Gasteiger partial charge is 0.475 e. The molecule has 5 heteroatoms. The number of carbonyl (C=O) groups is 2. The van der Waals surface area contributed by atoms with E-state index >= 15 is 0 Å². The fraction of sp³-hybridized carbons (Fsp3) is 0.200. The van der Waals surface area contributed by atoms with Gasteiger partial charge in [-0.1, -0.05) is 0 Å². The number of hydrogen-bond donors (Lipinski definition) is 1. The Morgan fingerprint density at radius 2 is 1.93 bits per heavy atom. The summed E-state index contributed by atoms with van der Waals surface area (Å²) in [5.74, 6) is -3.32. The summed E-state index contributed by atoms with van der Waals surface area (Å²) in [6.45, 7) is 0. The predicted molar refractivity (Wildman–Crippen MR) is 52.7 cm³/mol. The first-order chi connectivity index (χ1) is 6.93. The van der Waals surface area contributed by atoms with E-state index in [1.165, 1.54) is 17.0 Å². The molecule has 0 spiro atoms. The minimum absolute atomic E-state index is 0.161. The molecule has 0 aliphatic heterocycles.